The van der Waals surface area contributed by atoms with Crippen molar-refractivity contribution in [3.05, 3.63) is 88.1 Å². The van der Waals surface area contributed by atoms with E-state index in [1.807, 2.05) is 47.8 Å². The molecule has 1 heterocycles. The lowest BCUT2D eigenvalue weighted by atomic mass is 9.98. The normalized spacial score (nSPS) is 11.8. The zero-order valence-corrected chi connectivity index (χ0v) is 15.3. The van der Waals surface area contributed by atoms with Gasteiger partial charge in [-0.3, -0.25) is 4.79 Å². The second kappa shape index (κ2) is 9.20. The number of hydrogen-bond acceptors (Lipinski definition) is 3. The van der Waals surface area contributed by atoms with E-state index >= 15 is 0 Å². The summed E-state index contributed by atoms with van der Waals surface area (Å²) in [6.45, 7) is 0.668. The molecular weight excluding hydrogens is 344 g/mol. The summed E-state index contributed by atoms with van der Waals surface area (Å²) in [7, 11) is 0. The molecule has 0 aliphatic rings. The van der Waals surface area contributed by atoms with Gasteiger partial charge in [0.15, 0.2) is 0 Å². The number of thiophene rings is 1. The Morgan fingerprint density at radius 2 is 1.73 bits per heavy atom. The van der Waals surface area contributed by atoms with E-state index in [-0.39, 0.29) is 0 Å². The zero-order valence-electron chi connectivity index (χ0n) is 14.5. The first-order valence-electron chi connectivity index (χ1n) is 8.74. The van der Waals surface area contributed by atoms with E-state index in [2.05, 4.69) is 24.3 Å². The van der Waals surface area contributed by atoms with Crippen molar-refractivity contribution in [1.29, 1.82) is 0 Å². The lowest BCUT2D eigenvalue weighted by Crippen LogP contribution is -2.13. The standard InChI is InChI=1S/C22H22O3S/c23-22(24)20(21-9-5-15-26-21)16-18-10-12-19(13-11-18)25-14-4-8-17-6-2-1-3-7-17/h1-3,5-7,9-13,15,20H,4,8,14,16H2,(H,23,24). The molecule has 1 unspecified atom stereocenters. The van der Waals surface area contributed by atoms with Crippen LogP contribution in [0.15, 0.2) is 72.1 Å². The molecule has 0 amide bonds. The third-order valence-corrected chi connectivity index (χ3v) is 5.26. The van der Waals surface area contributed by atoms with Gasteiger partial charge in [-0.15, -0.1) is 11.3 Å². The van der Waals surface area contributed by atoms with E-state index in [0.29, 0.717) is 13.0 Å². The largest absolute Gasteiger partial charge is 0.494 e. The molecule has 0 fully saturated rings. The van der Waals surface area contributed by atoms with Gasteiger partial charge in [0.05, 0.1) is 12.5 Å². The third-order valence-electron chi connectivity index (χ3n) is 4.27. The maximum absolute atomic E-state index is 11.5. The molecule has 0 spiro atoms. The van der Waals surface area contributed by atoms with Crippen molar-refractivity contribution in [1.82, 2.24) is 0 Å². The number of carbonyl (C=O) groups is 1. The van der Waals surface area contributed by atoms with Gasteiger partial charge in [0, 0.05) is 4.88 Å². The Morgan fingerprint density at radius 3 is 2.38 bits per heavy atom. The number of carboxylic acid groups (broad SMARTS) is 1. The molecule has 3 nitrogen and oxygen atoms in total. The first-order valence-corrected chi connectivity index (χ1v) is 9.62. The van der Waals surface area contributed by atoms with Crippen LogP contribution in [0.5, 0.6) is 5.75 Å². The van der Waals surface area contributed by atoms with E-state index in [4.69, 9.17) is 4.74 Å². The molecule has 1 atom stereocenters. The summed E-state index contributed by atoms with van der Waals surface area (Å²) in [5.74, 6) is -0.453. The molecule has 1 N–H and O–H groups in total. The van der Waals surface area contributed by atoms with Crippen molar-refractivity contribution in [3.8, 4) is 5.75 Å². The lowest BCUT2D eigenvalue weighted by molar-refractivity contribution is -0.138. The summed E-state index contributed by atoms with van der Waals surface area (Å²) >= 11 is 1.49. The van der Waals surface area contributed by atoms with Crippen LogP contribution in [-0.4, -0.2) is 17.7 Å². The van der Waals surface area contributed by atoms with E-state index in [1.54, 1.807) is 0 Å². The second-order valence-electron chi connectivity index (χ2n) is 6.19. The maximum Gasteiger partial charge on any atom is 0.312 e. The van der Waals surface area contributed by atoms with Crippen LogP contribution in [0.25, 0.3) is 0 Å². The Bertz CT molecular complexity index is 795. The lowest BCUT2D eigenvalue weighted by Gasteiger charge is -2.11. The number of aryl methyl sites for hydroxylation is 1. The fourth-order valence-electron chi connectivity index (χ4n) is 2.87. The van der Waals surface area contributed by atoms with Crippen molar-refractivity contribution in [3.63, 3.8) is 0 Å². The summed E-state index contributed by atoms with van der Waals surface area (Å²) in [6.07, 6.45) is 2.45. The molecule has 0 saturated carbocycles. The molecule has 2 aromatic carbocycles. The molecule has 0 aliphatic carbocycles. The quantitative estimate of drug-likeness (QED) is 0.531. The summed E-state index contributed by atoms with van der Waals surface area (Å²) in [6, 6.07) is 21.9. The SMILES string of the molecule is O=C(O)C(Cc1ccc(OCCCc2ccccc2)cc1)c1cccs1. The van der Waals surface area contributed by atoms with Gasteiger partial charge in [0.25, 0.3) is 0 Å². The molecule has 0 bridgehead atoms. The number of benzene rings is 2. The van der Waals surface area contributed by atoms with Crippen molar-refractivity contribution >= 4 is 17.3 Å². The van der Waals surface area contributed by atoms with Crippen LogP contribution in [0.1, 0.15) is 28.3 Å². The van der Waals surface area contributed by atoms with Crippen LogP contribution in [0.4, 0.5) is 0 Å². The predicted octanol–water partition coefficient (Wildman–Crippen LogP) is 5.17. The van der Waals surface area contributed by atoms with Crippen LogP contribution < -0.4 is 4.74 Å². The van der Waals surface area contributed by atoms with Gasteiger partial charge < -0.3 is 9.84 Å². The number of carboxylic acids is 1. The summed E-state index contributed by atoms with van der Waals surface area (Å²) < 4.78 is 5.79. The molecule has 0 saturated heterocycles. The minimum absolute atomic E-state index is 0.490. The van der Waals surface area contributed by atoms with E-state index in [9.17, 15) is 9.90 Å². The molecule has 1 aromatic heterocycles. The van der Waals surface area contributed by atoms with Crippen molar-refractivity contribution in [2.45, 2.75) is 25.2 Å². The number of ether oxygens (including phenoxy) is 1. The number of hydrogen-bond donors (Lipinski definition) is 1. The summed E-state index contributed by atoms with van der Waals surface area (Å²) in [5.41, 5.74) is 2.32. The third kappa shape index (κ3) is 5.20. The van der Waals surface area contributed by atoms with Crippen LogP contribution in [-0.2, 0) is 17.6 Å². The smallest absolute Gasteiger partial charge is 0.312 e. The van der Waals surface area contributed by atoms with Gasteiger partial charge in [-0.25, -0.2) is 0 Å². The highest BCUT2D eigenvalue weighted by Gasteiger charge is 2.21. The average molecular weight is 366 g/mol. The molecule has 134 valence electrons. The molecule has 26 heavy (non-hydrogen) atoms. The number of aliphatic carboxylic acids is 1. The summed E-state index contributed by atoms with van der Waals surface area (Å²) in [4.78, 5) is 12.4. The van der Waals surface area contributed by atoms with Crippen molar-refractivity contribution in [2.24, 2.45) is 0 Å². The molecule has 0 radical (unpaired) electrons. The highest BCUT2D eigenvalue weighted by atomic mass is 32.1. The molecule has 0 aliphatic heterocycles. The van der Waals surface area contributed by atoms with Gasteiger partial charge >= 0.3 is 5.97 Å². The van der Waals surface area contributed by atoms with E-state index in [0.717, 1.165) is 29.0 Å². The van der Waals surface area contributed by atoms with E-state index in [1.165, 1.54) is 16.9 Å². The first kappa shape index (κ1) is 18.2. The predicted molar refractivity (Wildman–Crippen MR) is 105 cm³/mol. The average Bonchev–Trinajstić information content (AvgIpc) is 3.19. The Labute approximate surface area is 157 Å². The maximum atomic E-state index is 11.5. The van der Waals surface area contributed by atoms with Crippen molar-refractivity contribution < 1.29 is 14.6 Å². The van der Waals surface area contributed by atoms with Gasteiger partial charge in [0.2, 0.25) is 0 Å². The van der Waals surface area contributed by atoms with Crippen LogP contribution >= 0.6 is 11.3 Å². The first-order chi connectivity index (χ1) is 12.7. The monoisotopic (exact) mass is 366 g/mol. The fourth-order valence-corrected chi connectivity index (χ4v) is 3.69. The highest BCUT2D eigenvalue weighted by molar-refractivity contribution is 7.10. The van der Waals surface area contributed by atoms with Crippen LogP contribution in [0.3, 0.4) is 0 Å². The molecular formula is C22H22O3S. The zero-order chi connectivity index (χ0) is 18.2. The Balaban J connectivity index is 1.49. The summed E-state index contributed by atoms with van der Waals surface area (Å²) in [5, 5.41) is 11.4. The van der Waals surface area contributed by atoms with Crippen molar-refractivity contribution in [2.75, 3.05) is 6.61 Å². The van der Waals surface area contributed by atoms with Gasteiger partial charge in [-0.2, -0.15) is 0 Å². The fraction of sp³-hybridized carbons (Fsp3) is 0.227. The number of rotatable bonds is 9. The topological polar surface area (TPSA) is 46.5 Å². The van der Waals surface area contributed by atoms with Gasteiger partial charge in [-0.05, 0) is 54.0 Å². The van der Waals surface area contributed by atoms with Gasteiger partial charge in [0.1, 0.15) is 5.75 Å². The Hall–Kier alpha value is -2.59. The molecule has 4 heteroatoms. The molecule has 3 aromatic rings. The van der Waals surface area contributed by atoms with Gasteiger partial charge in [-0.1, -0.05) is 48.5 Å². The second-order valence-corrected chi connectivity index (χ2v) is 7.17. The Morgan fingerprint density at radius 1 is 0.962 bits per heavy atom. The van der Waals surface area contributed by atoms with Crippen LogP contribution in [0.2, 0.25) is 0 Å². The van der Waals surface area contributed by atoms with E-state index < -0.39 is 11.9 Å². The van der Waals surface area contributed by atoms with Crippen LogP contribution in [0, 0.1) is 0 Å². The highest BCUT2D eigenvalue weighted by Crippen LogP contribution is 2.26. The minimum Gasteiger partial charge on any atom is -0.494 e. The minimum atomic E-state index is -0.784. The molecule has 3 rings (SSSR count). The Kier molecular flexibility index (Phi) is 6.45.